The van der Waals surface area contributed by atoms with Crippen LogP contribution in [0, 0.1) is 0 Å². The van der Waals surface area contributed by atoms with E-state index in [2.05, 4.69) is 29.1 Å². The molecular weight excluding hydrogens is 332 g/mol. The molecule has 2 heterocycles. The first-order valence-corrected chi connectivity index (χ1v) is 9.08. The van der Waals surface area contributed by atoms with E-state index in [0.29, 0.717) is 0 Å². The third kappa shape index (κ3) is 3.00. The van der Waals surface area contributed by atoms with Crippen molar-refractivity contribution in [1.29, 1.82) is 0 Å². The van der Waals surface area contributed by atoms with Crippen LogP contribution < -0.4 is 5.32 Å². The van der Waals surface area contributed by atoms with Gasteiger partial charge in [-0.1, -0.05) is 26.0 Å². The molecule has 1 N–H and O–H groups in total. The van der Waals surface area contributed by atoms with Gasteiger partial charge in [0.05, 0.1) is 26.8 Å². The fourth-order valence-electron chi connectivity index (χ4n) is 2.98. The number of amides is 1. The maximum Gasteiger partial charge on any atom is 0.244 e. The molecule has 2 aromatic heterocycles. The lowest BCUT2D eigenvalue weighted by Gasteiger charge is -2.12. The Bertz CT molecular complexity index is 1060. The standard InChI is InChI=1S/C19H18N4OS/c1-12(2)19-22-14-5-3-4-6-16(14)23(19)10-18(24)21-13-7-8-17-15(9-13)20-11-25-17/h3-9,11-12H,10H2,1-2H3,(H,21,24). The lowest BCUT2D eigenvalue weighted by Crippen LogP contribution is -2.20. The van der Waals surface area contributed by atoms with Crippen LogP contribution in [-0.2, 0) is 11.3 Å². The van der Waals surface area contributed by atoms with E-state index in [1.807, 2.05) is 52.5 Å². The first-order valence-electron chi connectivity index (χ1n) is 8.20. The summed E-state index contributed by atoms with van der Waals surface area (Å²) in [6.07, 6.45) is 0. The highest BCUT2D eigenvalue weighted by atomic mass is 32.1. The molecule has 0 aliphatic heterocycles. The van der Waals surface area contributed by atoms with E-state index in [1.54, 1.807) is 11.3 Å². The van der Waals surface area contributed by atoms with E-state index in [9.17, 15) is 4.79 Å². The van der Waals surface area contributed by atoms with Gasteiger partial charge in [-0.3, -0.25) is 4.79 Å². The molecule has 0 bridgehead atoms. The zero-order chi connectivity index (χ0) is 17.4. The van der Waals surface area contributed by atoms with Crippen molar-refractivity contribution in [2.24, 2.45) is 0 Å². The van der Waals surface area contributed by atoms with Crippen molar-refractivity contribution in [1.82, 2.24) is 14.5 Å². The van der Waals surface area contributed by atoms with E-state index in [4.69, 9.17) is 0 Å². The van der Waals surface area contributed by atoms with Gasteiger partial charge in [-0.05, 0) is 30.3 Å². The molecule has 0 saturated carbocycles. The van der Waals surface area contributed by atoms with E-state index in [0.717, 1.165) is 32.8 Å². The molecule has 4 rings (SSSR count). The third-order valence-electron chi connectivity index (χ3n) is 4.12. The van der Waals surface area contributed by atoms with Crippen LogP contribution in [0.15, 0.2) is 48.0 Å². The number of carbonyl (C=O) groups excluding carboxylic acids is 1. The maximum atomic E-state index is 12.6. The van der Waals surface area contributed by atoms with E-state index < -0.39 is 0 Å². The smallest absolute Gasteiger partial charge is 0.244 e. The molecule has 0 saturated heterocycles. The van der Waals surface area contributed by atoms with Crippen LogP contribution in [0.25, 0.3) is 21.3 Å². The summed E-state index contributed by atoms with van der Waals surface area (Å²) < 4.78 is 3.11. The number of anilines is 1. The minimum Gasteiger partial charge on any atom is -0.324 e. The van der Waals surface area contributed by atoms with E-state index in [1.165, 1.54) is 0 Å². The lowest BCUT2D eigenvalue weighted by molar-refractivity contribution is -0.116. The van der Waals surface area contributed by atoms with Crippen molar-refractivity contribution in [3.8, 4) is 0 Å². The monoisotopic (exact) mass is 350 g/mol. The Morgan fingerprint density at radius 2 is 2.04 bits per heavy atom. The van der Waals surface area contributed by atoms with Gasteiger partial charge in [-0.15, -0.1) is 11.3 Å². The molecule has 0 spiro atoms. The number of carbonyl (C=O) groups is 1. The molecule has 25 heavy (non-hydrogen) atoms. The van der Waals surface area contributed by atoms with Gasteiger partial charge >= 0.3 is 0 Å². The first kappa shape index (κ1) is 15.8. The molecule has 5 nitrogen and oxygen atoms in total. The Labute approximate surface area is 149 Å². The molecule has 1 amide bonds. The van der Waals surface area contributed by atoms with E-state index >= 15 is 0 Å². The number of nitrogens with zero attached hydrogens (tertiary/aromatic N) is 3. The van der Waals surface area contributed by atoms with Gasteiger partial charge in [0.25, 0.3) is 0 Å². The number of nitrogens with one attached hydrogen (secondary N) is 1. The van der Waals surface area contributed by atoms with Gasteiger partial charge in [0, 0.05) is 11.6 Å². The number of rotatable bonds is 4. The molecule has 0 aliphatic carbocycles. The molecule has 0 radical (unpaired) electrons. The number of aromatic nitrogens is 3. The molecule has 0 fully saturated rings. The number of fused-ring (bicyclic) bond motifs is 2. The Morgan fingerprint density at radius 3 is 2.88 bits per heavy atom. The molecule has 4 aromatic rings. The van der Waals surface area contributed by atoms with Gasteiger partial charge in [0.2, 0.25) is 5.91 Å². The zero-order valence-electron chi connectivity index (χ0n) is 14.1. The minimum absolute atomic E-state index is 0.0698. The molecule has 0 aliphatic rings. The highest BCUT2D eigenvalue weighted by molar-refractivity contribution is 7.16. The maximum absolute atomic E-state index is 12.6. The molecular formula is C19H18N4OS. The van der Waals surface area contributed by atoms with Crippen LogP contribution in [0.2, 0.25) is 0 Å². The van der Waals surface area contributed by atoms with Gasteiger partial charge in [-0.25, -0.2) is 9.97 Å². The minimum atomic E-state index is -0.0698. The Hall–Kier alpha value is -2.73. The van der Waals surface area contributed by atoms with Gasteiger partial charge in [-0.2, -0.15) is 0 Å². The fourth-order valence-corrected chi connectivity index (χ4v) is 3.64. The predicted octanol–water partition coefficient (Wildman–Crippen LogP) is 4.41. The lowest BCUT2D eigenvalue weighted by atomic mass is 10.2. The average molecular weight is 350 g/mol. The second-order valence-corrected chi connectivity index (χ2v) is 7.17. The Morgan fingerprint density at radius 1 is 1.20 bits per heavy atom. The SMILES string of the molecule is CC(C)c1nc2ccccc2n1CC(=O)Nc1ccc2scnc2c1. The second kappa shape index (κ2) is 6.29. The van der Waals surface area contributed by atoms with Crippen LogP contribution in [0.3, 0.4) is 0 Å². The van der Waals surface area contributed by atoms with Crippen LogP contribution in [0.5, 0.6) is 0 Å². The summed E-state index contributed by atoms with van der Waals surface area (Å²) in [5.41, 5.74) is 5.37. The topological polar surface area (TPSA) is 59.8 Å². The van der Waals surface area contributed by atoms with Crippen LogP contribution >= 0.6 is 11.3 Å². The first-order chi connectivity index (χ1) is 12.1. The number of hydrogen-bond acceptors (Lipinski definition) is 4. The van der Waals surface area contributed by atoms with Crippen LogP contribution in [0.4, 0.5) is 5.69 Å². The number of imidazole rings is 1. The Balaban J connectivity index is 1.61. The van der Waals surface area contributed by atoms with Gasteiger partial charge in [0.1, 0.15) is 12.4 Å². The van der Waals surface area contributed by atoms with Crippen molar-refractivity contribution < 1.29 is 4.79 Å². The summed E-state index contributed by atoms with van der Waals surface area (Å²) in [5.74, 6) is 1.09. The highest BCUT2D eigenvalue weighted by Crippen LogP contribution is 2.23. The largest absolute Gasteiger partial charge is 0.324 e. The molecule has 0 atom stereocenters. The summed E-state index contributed by atoms with van der Waals surface area (Å²) in [7, 11) is 0. The van der Waals surface area contributed by atoms with Crippen molar-refractivity contribution in [2.45, 2.75) is 26.3 Å². The second-order valence-electron chi connectivity index (χ2n) is 6.28. The summed E-state index contributed by atoms with van der Waals surface area (Å²) in [5, 5.41) is 2.97. The number of thiazole rings is 1. The number of benzene rings is 2. The summed E-state index contributed by atoms with van der Waals surface area (Å²) >= 11 is 1.59. The van der Waals surface area contributed by atoms with Crippen molar-refractivity contribution in [3.63, 3.8) is 0 Å². The van der Waals surface area contributed by atoms with Gasteiger partial charge in [0.15, 0.2) is 0 Å². The number of hydrogen-bond donors (Lipinski definition) is 1. The number of para-hydroxylation sites is 2. The van der Waals surface area contributed by atoms with Crippen molar-refractivity contribution in [2.75, 3.05) is 5.32 Å². The normalized spacial score (nSPS) is 11.5. The van der Waals surface area contributed by atoms with Crippen molar-refractivity contribution in [3.05, 3.63) is 53.8 Å². The summed E-state index contributed by atoms with van der Waals surface area (Å²) in [4.78, 5) is 21.6. The van der Waals surface area contributed by atoms with Crippen LogP contribution in [-0.4, -0.2) is 20.4 Å². The molecule has 0 unspecified atom stereocenters. The molecule has 2 aromatic carbocycles. The third-order valence-corrected chi connectivity index (χ3v) is 4.93. The molecule has 126 valence electrons. The summed E-state index contributed by atoms with van der Waals surface area (Å²) in [6.45, 7) is 4.42. The van der Waals surface area contributed by atoms with Crippen molar-refractivity contribution >= 4 is 44.2 Å². The fraction of sp³-hybridized carbons (Fsp3) is 0.211. The highest BCUT2D eigenvalue weighted by Gasteiger charge is 2.16. The zero-order valence-corrected chi connectivity index (χ0v) is 14.9. The Kier molecular flexibility index (Phi) is 3.97. The van der Waals surface area contributed by atoms with E-state index in [-0.39, 0.29) is 18.4 Å². The molecule has 6 heteroatoms. The quantitative estimate of drug-likeness (QED) is 0.593. The van der Waals surface area contributed by atoms with Crippen LogP contribution in [0.1, 0.15) is 25.6 Å². The summed E-state index contributed by atoms with van der Waals surface area (Å²) in [6, 6.07) is 13.7. The average Bonchev–Trinajstić information content (AvgIpc) is 3.19. The predicted molar refractivity (Wildman–Crippen MR) is 102 cm³/mol. The van der Waals surface area contributed by atoms with Gasteiger partial charge < -0.3 is 9.88 Å².